The summed E-state index contributed by atoms with van der Waals surface area (Å²) in [7, 11) is -2.18. The highest BCUT2D eigenvalue weighted by atomic mass is 31.2. The van der Waals surface area contributed by atoms with Gasteiger partial charge in [0, 0.05) is 36.8 Å². The molecule has 1 unspecified atom stereocenters. The second-order valence-corrected chi connectivity index (χ2v) is 10.9. The van der Waals surface area contributed by atoms with Gasteiger partial charge in [-0.05, 0) is 46.4 Å². The number of nitrogens with one attached hydrogen (secondary N) is 1. The Morgan fingerprint density at radius 1 is 1.18 bits per heavy atom. The van der Waals surface area contributed by atoms with E-state index in [0.29, 0.717) is 17.3 Å². The zero-order valence-electron chi connectivity index (χ0n) is 19.7. The Bertz CT molecular complexity index is 1090. The third-order valence-electron chi connectivity index (χ3n) is 5.72. The first-order valence-electron chi connectivity index (χ1n) is 11.1. The lowest BCUT2D eigenvalue weighted by atomic mass is 9.91. The van der Waals surface area contributed by atoms with Crippen LogP contribution in [0.4, 0.5) is 0 Å². The number of β-amino-alcohol motifs (C(OH)–C–C–N with tert-alkyl or cyclic N) is 1. The van der Waals surface area contributed by atoms with E-state index in [4.69, 9.17) is 6.42 Å². The fraction of sp³-hybridized carbons (Fsp3) is 0.385. The van der Waals surface area contributed by atoms with Crippen LogP contribution in [0.2, 0.25) is 0 Å². The Balaban J connectivity index is 1.78. The Hall–Kier alpha value is -2.75. The first-order valence-corrected chi connectivity index (χ1v) is 12.4. The van der Waals surface area contributed by atoms with Crippen molar-refractivity contribution in [1.29, 1.82) is 0 Å². The standard InChI is InChI=1S/C26H31N2O5P/c1-5-17-6-7-19(22(12-17)18-8-10-21(11-9-18)34(32)33)15-27-25(31)23-13-20(29)16-28(23)24(30)14-26(2,3)4/h1,6-12,20,23,29,32-33H,13-16H2,2-4H3,(H,27,31)/t20?,23-/m0/s1. The molecule has 7 nitrogen and oxygen atoms in total. The largest absolute Gasteiger partial charge is 0.391 e. The van der Waals surface area contributed by atoms with Crippen LogP contribution >= 0.6 is 8.38 Å². The summed E-state index contributed by atoms with van der Waals surface area (Å²) in [5, 5.41) is 13.5. The minimum absolute atomic E-state index is 0.143. The van der Waals surface area contributed by atoms with Gasteiger partial charge in [-0.15, -0.1) is 6.42 Å². The van der Waals surface area contributed by atoms with E-state index in [2.05, 4.69) is 11.2 Å². The van der Waals surface area contributed by atoms with Crippen molar-refractivity contribution in [3.05, 3.63) is 53.6 Å². The second-order valence-electron chi connectivity index (χ2n) is 9.76. The molecule has 2 atom stereocenters. The van der Waals surface area contributed by atoms with E-state index < -0.39 is 20.5 Å². The van der Waals surface area contributed by atoms with Crippen molar-refractivity contribution in [2.24, 2.45) is 5.41 Å². The lowest BCUT2D eigenvalue weighted by Crippen LogP contribution is -2.46. The number of rotatable bonds is 6. The summed E-state index contributed by atoms with van der Waals surface area (Å²) in [5.41, 5.74) is 2.91. The van der Waals surface area contributed by atoms with Gasteiger partial charge in [0.2, 0.25) is 11.8 Å². The maximum Gasteiger partial charge on any atom is 0.243 e. The molecule has 2 amide bonds. The van der Waals surface area contributed by atoms with Crippen molar-refractivity contribution >= 4 is 25.5 Å². The summed E-state index contributed by atoms with van der Waals surface area (Å²) in [6.07, 6.45) is 5.34. The van der Waals surface area contributed by atoms with E-state index in [1.807, 2.05) is 32.9 Å². The molecule has 34 heavy (non-hydrogen) atoms. The third-order valence-corrected chi connectivity index (χ3v) is 6.48. The van der Waals surface area contributed by atoms with E-state index in [-0.39, 0.29) is 36.7 Å². The summed E-state index contributed by atoms with van der Waals surface area (Å²) in [6, 6.07) is 11.6. The first-order chi connectivity index (χ1) is 16.0. The fourth-order valence-electron chi connectivity index (χ4n) is 4.06. The SMILES string of the molecule is C#Cc1ccc(CNC(=O)[C@@H]2CC(O)CN2C(=O)CC(C)(C)C)c(-c2ccc(P(O)O)cc2)c1. The molecule has 0 aliphatic carbocycles. The number of terminal acetylenes is 1. The van der Waals surface area contributed by atoms with E-state index >= 15 is 0 Å². The molecule has 180 valence electrons. The molecule has 0 radical (unpaired) electrons. The van der Waals surface area contributed by atoms with Gasteiger partial charge in [-0.1, -0.05) is 44.9 Å². The van der Waals surface area contributed by atoms with Crippen LogP contribution in [-0.2, 0) is 16.1 Å². The van der Waals surface area contributed by atoms with Crippen LogP contribution in [0.1, 0.15) is 44.7 Å². The Morgan fingerprint density at radius 3 is 2.44 bits per heavy atom. The van der Waals surface area contributed by atoms with Crippen LogP contribution in [0.3, 0.4) is 0 Å². The van der Waals surface area contributed by atoms with Crippen LogP contribution in [-0.4, -0.2) is 50.3 Å². The van der Waals surface area contributed by atoms with E-state index in [1.165, 1.54) is 4.90 Å². The number of benzene rings is 2. The molecule has 3 rings (SSSR count). The van der Waals surface area contributed by atoms with Crippen LogP contribution in [0.25, 0.3) is 11.1 Å². The van der Waals surface area contributed by atoms with Crippen LogP contribution in [0, 0.1) is 17.8 Å². The molecule has 0 bridgehead atoms. The van der Waals surface area contributed by atoms with Gasteiger partial charge in [-0.25, -0.2) is 0 Å². The molecule has 1 aliphatic heterocycles. The average molecular weight is 483 g/mol. The summed E-state index contributed by atoms with van der Waals surface area (Å²) < 4.78 is 0. The lowest BCUT2D eigenvalue weighted by Gasteiger charge is -2.27. The van der Waals surface area contributed by atoms with Gasteiger partial charge in [-0.3, -0.25) is 9.59 Å². The van der Waals surface area contributed by atoms with Crippen molar-refractivity contribution in [2.45, 2.75) is 52.3 Å². The number of carbonyl (C=O) groups is 2. The lowest BCUT2D eigenvalue weighted by molar-refractivity contribution is -0.140. The molecule has 2 aromatic carbocycles. The average Bonchev–Trinajstić information content (AvgIpc) is 3.18. The predicted octanol–water partition coefficient (Wildman–Crippen LogP) is 2.27. The molecule has 1 fully saturated rings. The van der Waals surface area contributed by atoms with Crippen molar-refractivity contribution < 1.29 is 24.5 Å². The molecule has 0 spiro atoms. The van der Waals surface area contributed by atoms with Gasteiger partial charge < -0.3 is 25.1 Å². The Morgan fingerprint density at radius 2 is 1.85 bits per heavy atom. The van der Waals surface area contributed by atoms with Gasteiger partial charge in [0.25, 0.3) is 0 Å². The molecule has 1 heterocycles. The zero-order chi connectivity index (χ0) is 25.0. The molecule has 2 aromatic rings. The molecule has 0 saturated carbocycles. The second kappa shape index (κ2) is 10.7. The highest BCUT2D eigenvalue weighted by molar-refractivity contribution is 7.54. The molecule has 1 saturated heterocycles. The summed E-state index contributed by atoms with van der Waals surface area (Å²) in [4.78, 5) is 46.1. The maximum atomic E-state index is 13.0. The fourth-order valence-corrected chi connectivity index (χ4v) is 4.47. The number of hydrogen-bond donors (Lipinski definition) is 4. The smallest absolute Gasteiger partial charge is 0.243 e. The van der Waals surface area contributed by atoms with Crippen molar-refractivity contribution in [3.63, 3.8) is 0 Å². The Labute approximate surface area is 201 Å². The highest BCUT2D eigenvalue weighted by Crippen LogP contribution is 2.29. The number of aliphatic hydroxyl groups is 1. The molecule has 8 heteroatoms. The van der Waals surface area contributed by atoms with Gasteiger partial charge in [-0.2, -0.15) is 0 Å². The van der Waals surface area contributed by atoms with E-state index in [0.717, 1.165) is 16.7 Å². The third kappa shape index (κ3) is 6.43. The number of nitrogens with zero attached hydrogens (tertiary/aromatic N) is 1. The number of amides is 2. The van der Waals surface area contributed by atoms with Crippen LogP contribution in [0.15, 0.2) is 42.5 Å². The number of carbonyl (C=O) groups excluding carboxylic acids is 2. The summed E-state index contributed by atoms with van der Waals surface area (Å²) in [5.74, 6) is 2.15. The van der Waals surface area contributed by atoms with Crippen molar-refractivity contribution in [2.75, 3.05) is 6.54 Å². The van der Waals surface area contributed by atoms with Crippen molar-refractivity contribution in [1.82, 2.24) is 10.2 Å². The monoisotopic (exact) mass is 482 g/mol. The van der Waals surface area contributed by atoms with E-state index in [1.54, 1.807) is 30.3 Å². The highest BCUT2D eigenvalue weighted by Gasteiger charge is 2.39. The minimum Gasteiger partial charge on any atom is -0.391 e. The summed E-state index contributed by atoms with van der Waals surface area (Å²) >= 11 is 0. The van der Waals surface area contributed by atoms with Gasteiger partial charge >= 0.3 is 0 Å². The molecular weight excluding hydrogens is 451 g/mol. The first kappa shape index (κ1) is 25.9. The van der Waals surface area contributed by atoms with E-state index in [9.17, 15) is 24.5 Å². The van der Waals surface area contributed by atoms with Crippen LogP contribution < -0.4 is 10.6 Å². The van der Waals surface area contributed by atoms with Crippen LogP contribution in [0.5, 0.6) is 0 Å². The minimum atomic E-state index is -2.18. The topological polar surface area (TPSA) is 110 Å². The quantitative estimate of drug-likeness (QED) is 0.373. The summed E-state index contributed by atoms with van der Waals surface area (Å²) in [6.45, 7) is 6.25. The molecule has 4 N–H and O–H groups in total. The normalized spacial score (nSPS) is 18.1. The Kier molecular flexibility index (Phi) is 8.12. The molecule has 0 aromatic heterocycles. The predicted molar refractivity (Wildman–Crippen MR) is 133 cm³/mol. The molecule has 1 aliphatic rings. The van der Waals surface area contributed by atoms with Gasteiger partial charge in [0.1, 0.15) is 6.04 Å². The zero-order valence-corrected chi connectivity index (χ0v) is 20.5. The van der Waals surface area contributed by atoms with Crippen molar-refractivity contribution in [3.8, 4) is 23.5 Å². The maximum absolute atomic E-state index is 13.0. The number of hydrogen-bond acceptors (Lipinski definition) is 5. The number of likely N-dealkylation sites (tertiary alicyclic amines) is 1. The van der Waals surface area contributed by atoms with Gasteiger partial charge in [0.05, 0.1) is 6.10 Å². The van der Waals surface area contributed by atoms with Gasteiger partial charge in [0.15, 0.2) is 8.38 Å². The number of aliphatic hydroxyl groups excluding tert-OH is 1. The molecular formula is C26H31N2O5P.